The quantitative estimate of drug-likeness (QED) is 0.220. The van der Waals surface area contributed by atoms with Crippen LogP contribution in [0.25, 0.3) is 0 Å². The Morgan fingerprint density at radius 3 is 2.56 bits per heavy atom. The number of aliphatic carboxylic acids is 1. The van der Waals surface area contributed by atoms with Crippen molar-refractivity contribution >= 4 is 29.5 Å². The van der Waals surface area contributed by atoms with Gasteiger partial charge < -0.3 is 15.7 Å². The zero-order valence-electron chi connectivity index (χ0n) is 22.7. The van der Waals surface area contributed by atoms with E-state index in [9.17, 15) is 24.3 Å². The molecule has 3 amide bonds. The Morgan fingerprint density at radius 1 is 1.12 bits per heavy atom. The van der Waals surface area contributed by atoms with Gasteiger partial charge in [-0.25, -0.2) is 15.0 Å². The Kier molecular flexibility index (Phi) is 9.60. The van der Waals surface area contributed by atoms with Crippen LogP contribution in [0.1, 0.15) is 50.3 Å². The van der Waals surface area contributed by atoms with Crippen LogP contribution < -0.4 is 15.5 Å². The van der Waals surface area contributed by atoms with Crippen LogP contribution in [-0.4, -0.2) is 76.5 Å². The molecule has 1 aliphatic rings. The van der Waals surface area contributed by atoms with E-state index in [1.165, 1.54) is 11.1 Å². The van der Waals surface area contributed by atoms with Crippen molar-refractivity contribution in [2.24, 2.45) is 11.8 Å². The first-order valence-corrected chi connectivity index (χ1v) is 13.3. The SMILES string of the molecule is CC[C@H](C)C(Cc1ncccn1)C(=O)N[C@@H](CCC(=O)O)C(=O)N1c2ncccc2C[C@H]1C(=O)NCc1nn[nH]n1. The highest BCUT2D eigenvalue weighted by Crippen LogP contribution is 2.31. The van der Waals surface area contributed by atoms with Crippen LogP contribution in [0.3, 0.4) is 0 Å². The smallest absolute Gasteiger partial charge is 0.303 e. The average Bonchev–Trinajstić information content (AvgIpc) is 3.64. The van der Waals surface area contributed by atoms with Gasteiger partial charge in [-0.2, -0.15) is 5.21 Å². The number of hydrogen-bond donors (Lipinski definition) is 4. The number of carbonyl (C=O) groups excluding carboxylic acids is 3. The molecule has 0 aliphatic carbocycles. The molecule has 0 fully saturated rings. The summed E-state index contributed by atoms with van der Waals surface area (Å²) in [5, 5.41) is 28.3. The number of pyridine rings is 1. The van der Waals surface area contributed by atoms with E-state index in [0.29, 0.717) is 17.8 Å². The van der Waals surface area contributed by atoms with Gasteiger partial charge in [0.25, 0.3) is 5.91 Å². The van der Waals surface area contributed by atoms with Crippen molar-refractivity contribution in [2.75, 3.05) is 4.90 Å². The molecule has 3 aromatic heterocycles. The molecule has 0 saturated heterocycles. The van der Waals surface area contributed by atoms with Crippen molar-refractivity contribution in [3.8, 4) is 0 Å². The van der Waals surface area contributed by atoms with Gasteiger partial charge in [0.05, 0.1) is 6.54 Å². The van der Waals surface area contributed by atoms with Gasteiger partial charge in [-0.1, -0.05) is 31.5 Å². The molecular formula is C26H32N10O5. The monoisotopic (exact) mass is 564 g/mol. The number of carboxylic acid groups (broad SMARTS) is 1. The average molecular weight is 565 g/mol. The number of H-pyrrole nitrogens is 1. The van der Waals surface area contributed by atoms with E-state index < -0.39 is 41.7 Å². The lowest BCUT2D eigenvalue weighted by Crippen LogP contribution is -2.56. The highest BCUT2D eigenvalue weighted by atomic mass is 16.4. The fourth-order valence-corrected chi connectivity index (χ4v) is 4.70. The number of amides is 3. The topological polar surface area (TPSA) is 209 Å². The van der Waals surface area contributed by atoms with Gasteiger partial charge in [-0.05, 0) is 30.0 Å². The van der Waals surface area contributed by atoms with E-state index in [0.717, 1.165) is 0 Å². The van der Waals surface area contributed by atoms with Gasteiger partial charge in [0.1, 0.15) is 23.7 Å². The number of hydrogen-bond acceptors (Lipinski definition) is 10. The highest BCUT2D eigenvalue weighted by molar-refractivity contribution is 6.06. The molecule has 216 valence electrons. The van der Waals surface area contributed by atoms with E-state index in [-0.39, 0.29) is 49.8 Å². The van der Waals surface area contributed by atoms with Crippen molar-refractivity contribution in [2.45, 2.75) is 64.6 Å². The molecule has 41 heavy (non-hydrogen) atoms. The van der Waals surface area contributed by atoms with E-state index in [1.54, 1.807) is 30.6 Å². The first-order chi connectivity index (χ1) is 19.8. The lowest BCUT2D eigenvalue weighted by atomic mass is 9.87. The van der Waals surface area contributed by atoms with Crippen molar-refractivity contribution in [1.29, 1.82) is 0 Å². The molecular weight excluding hydrogens is 532 g/mol. The minimum Gasteiger partial charge on any atom is -0.481 e. The maximum atomic E-state index is 14.1. The van der Waals surface area contributed by atoms with Crippen molar-refractivity contribution in [3.05, 3.63) is 54.0 Å². The van der Waals surface area contributed by atoms with Crippen LogP contribution >= 0.6 is 0 Å². The van der Waals surface area contributed by atoms with Gasteiger partial charge >= 0.3 is 5.97 Å². The highest BCUT2D eigenvalue weighted by Gasteiger charge is 2.42. The maximum absolute atomic E-state index is 14.1. The molecule has 4 rings (SSSR count). The minimum absolute atomic E-state index is 0.0189. The molecule has 0 saturated carbocycles. The number of carboxylic acids is 1. The summed E-state index contributed by atoms with van der Waals surface area (Å²) in [7, 11) is 0. The van der Waals surface area contributed by atoms with Crippen LogP contribution in [0.2, 0.25) is 0 Å². The summed E-state index contributed by atoms with van der Waals surface area (Å²) >= 11 is 0. The first-order valence-electron chi connectivity index (χ1n) is 13.3. The van der Waals surface area contributed by atoms with Gasteiger partial charge in [0.2, 0.25) is 11.8 Å². The number of rotatable bonds is 13. The molecule has 0 radical (unpaired) electrons. The Bertz CT molecular complexity index is 1350. The molecule has 4 heterocycles. The number of anilines is 1. The summed E-state index contributed by atoms with van der Waals surface area (Å²) in [6.45, 7) is 3.86. The third-order valence-electron chi connectivity index (χ3n) is 7.12. The molecule has 15 heteroatoms. The zero-order chi connectivity index (χ0) is 29.4. The Hall–Kier alpha value is -4.82. The fourth-order valence-electron chi connectivity index (χ4n) is 4.70. The first kappa shape index (κ1) is 29.2. The lowest BCUT2D eigenvalue weighted by Gasteiger charge is -2.30. The van der Waals surface area contributed by atoms with Gasteiger partial charge in [0, 0.05) is 43.8 Å². The maximum Gasteiger partial charge on any atom is 0.303 e. The summed E-state index contributed by atoms with van der Waals surface area (Å²) < 4.78 is 0. The largest absolute Gasteiger partial charge is 0.481 e. The van der Waals surface area contributed by atoms with Crippen LogP contribution in [-0.2, 0) is 38.6 Å². The number of fused-ring (bicyclic) bond motifs is 1. The standard InChI is InChI=1S/C26H32N10O5/c1-3-15(2)17(13-20-27-10-5-11-28-20)24(39)31-18(7-8-22(37)38)26(41)36-19(12-16-6-4-9-29-23(16)36)25(40)30-14-21-32-34-35-33-21/h4-6,9-11,15,17-19H,3,7-8,12-14H2,1-2H3,(H,30,40)(H,31,39)(H,37,38)(H,32,33,34,35)/t15-,17?,18-,19-/m0/s1. The number of nitrogens with zero attached hydrogens (tertiary/aromatic N) is 7. The van der Waals surface area contributed by atoms with Gasteiger partial charge in [0.15, 0.2) is 5.82 Å². The van der Waals surface area contributed by atoms with Crippen LogP contribution in [0.15, 0.2) is 36.8 Å². The molecule has 0 bridgehead atoms. The second-order valence-electron chi connectivity index (χ2n) is 9.81. The summed E-state index contributed by atoms with van der Waals surface area (Å²) in [4.78, 5) is 66.5. The number of aromatic nitrogens is 7. The number of tetrazole rings is 1. The second-order valence-corrected chi connectivity index (χ2v) is 9.81. The molecule has 0 aromatic carbocycles. The number of nitrogens with one attached hydrogen (secondary N) is 3. The van der Waals surface area contributed by atoms with E-state index in [1.807, 2.05) is 13.8 Å². The zero-order valence-corrected chi connectivity index (χ0v) is 22.7. The molecule has 4 N–H and O–H groups in total. The second kappa shape index (κ2) is 13.5. The lowest BCUT2D eigenvalue weighted by molar-refractivity contribution is -0.138. The fraction of sp³-hybridized carbons (Fsp3) is 0.462. The van der Waals surface area contributed by atoms with E-state index >= 15 is 0 Å². The third-order valence-corrected chi connectivity index (χ3v) is 7.12. The molecule has 1 unspecified atom stereocenters. The molecule has 4 atom stereocenters. The van der Waals surface area contributed by atoms with Gasteiger partial charge in [-0.3, -0.25) is 24.1 Å². The van der Waals surface area contributed by atoms with Gasteiger partial charge in [-0.15, -0.1) is 10.2 Å². The Balaban J connectivity index is 1.59. The van der Waals surface area contributed by atoms with E-state index in [4.69, 9.17) is 0 Å². The normalized spacial score (nSPS) is 16.3. The third kappa shape index (κ3) is 7.23. The summed E-state index contributed by atoms with van der Waals surface area (Å²) in [5.41, 5.74) is 0.669. The number of aromatic amines is 1. The predicted octanol–water partition coefficient (Wildman–Crippen LogP) is 0.213. The van der Waals surface area contributed by atoms with Crippen molar-refractivity contribution < 1.29 is 24.3 Å². The van der Waals surface area contributed by atoms with Crippen molar-refractivity contribution in [1.82, 2.24) is 46.2 Å². The van der Waals surface area contributed by atoms with Crippen LogP contribution in [0.5, 0.6) is 0 Å². The molecule has 1 aliphatic heterocycles. The Labute approximate surface area is 235 Å². The summed E-state index contributed by atoms with van der Waals surface area (Å²) in [6, 6.07) is 2.94. The van der Waals surface area contributed by atoms with E-state index in [2.05, 4.69) is 46.2 Å². The molecule has 0 spiro atoms. The number of carbonyl (C=O) groups is 4. The minimum atomic E-state index is -1.22. The summed E-state index contributed by atoms with van der Waals surface area (Å²) in [6.07, 6.45) is 5.26. The van der Waals surface area contributed by atoms with Crippen LogP contribution in [0.4, 0.5) is 5.82 Å². The predicted molar refractivity (Wildman–Crippen MR) is 143 cm³/mol. The molecule has 3 aromatic rings. The molecule has 15 nitrogen and oxygen atoms in total. The summed E-state index contributed by atoms with van der Waals surface area (Å²) in [5.74, 6) is -2.28. The Morgan fingerprint density at radius 2 is 1.88 bits per heavy atom. The van der Waals surface area contributed by atoms with Crippen LogP contribution in [0, 0.1) is 11.8 Å². The van der Waals surface area contributed by atoms with Crippen molar-refractivity contribution in [3.63, 3.8) is 0 Å².